The van der Waals surface area contributed by atoms with E-state index in [9.17, 15) is 9.59 Å². The number of rotatable bonds is 5. The first-order valence-corrected chi connectivity index (χ1v) is 8.48. The van der Waals surface area contributed by atoms with Crippen molar-refractivity contribution in [3.05, 3.63) is 28.2 Å². The first-order valence-electron chi connectivity index (χ1n) is 7.69. The van der Waals surface area contributed by atoms with E-state index in [1.807, 2.05) is 25.1 Å². The van der Waals surface area contributed by atoms with Gasteiger partial charge in [-0.2, -0.15) is 0 Å². The van der Waals surface area contributed by atoms with Crippen LogP contribution in [0.2, 0.25) is 0 Å². The largest absolute Gasteiger partial charge is 0.335 e. The number of benzene rings is 1. The normalized spacial score (nSPS) is 15.3. The molecule has 0 atom stereocenters. The van der Waals surface area contributed by atoms with Crippen LogP contribution in [0.4, 0.5) is 5.69 Å². The van der Waals surface area contributed by atoms with Gasteiger partial charge in [-0.15, -0.1) is 0 Å². The minimum atomic E-state index is -0.188. The third-order valence-corrected chi connectivity index (χ3v) is 4.33. The third kappa shape index (κ3) is 5.60. The SMILES string of the molecule is Cc1cc(Br)ccc1NC(=O)CN(C)C(=O)CN1CCNCC1. The molecule has 0 aliphatic carbocycles. The lowest BCUT2D eigenvalue weighted by Crippen LogP contribution is -2.48. The fraction of sp³-hybridized carbons (Fsp3) is 0.500. The van der Waals surface area contributed by atoms with Gasteiger partial charge in [-0.25, -0.2) is 0 Å². The average Bonchev–Trinajstić information content (AvgIpc) is 2.51. The van der Waals surface area contributed by atoms with Gasteiger partial charge in [-0.1, -0.05) is 15.9 Å². The highest BCUT2D eigenvalue weighted by molar-refractivity contribution is 9.10. The summed E-state index contributed by atoms with van der Waals surface area (Å²) in [5.41, 5.74) is 1.74. The Balaban J connectivity index is 1.82. The second-order valence-electron chi connectivity index (χ2n) is 5.78. The number of hydrogen-bond acceptors (Lipinski definition) is 4. The second kappa shape index (κ2) is 8.42. The summed E-state index contributed by atoms with van der Waals surface area (Å²) in [5.74, 6) is -0.221. The monoisotopic (exact) mass is 382 g/mol. The Labute approximate surface area is 145 Å². The highest BCUT2D eigenvalue weighted by Gasteiger charge is 2.18. The van der Waals surface area contributed by atoms with Gasteiger partial charge in [-0.05, 0) is 30.7 Å². The first kappa shape index (κ1) is 17.9. The van der Waals surface area contributed by atoms with Crippen LogP contribution in [0, 0.1) is 6.92 Å². The van der Waals surface area contributed by atoms with Gasteiger partial charge in [0.05, 0.1) is 13.1 Å². The molecule has 1 aromatic rings. The number of aryl methyl sites for hydroxylation is 1. The Morgan fingerprint density at radius 3 is 2.70 bits per heavy atom. The lowest BCUT2D eigenvalue weighted by molar-refractivity contribution is -0.134. The van der Waals surface area contributed by atoms with Crippen LogP contribution in [0.3, 0.4) is 0 Å². The molecular weight excluding hydrogens is 360 g/mol. The third-order valence-electron chi connectivity index (χ3n) is 3.84. The highest BCUT2D eigenvalue weighted by Crippen LogP contribution is 2.19. The number of carbonyl (C=O) groups excluding carboxylic acids is 2. The van der Waals surface area contributed by atoms with E-state index in [1.165, 1.54) is 4.90 Å². The number of halogens is 1. The van der Waals surface area contributed by atoms with Crippen molar-refractivity contribution in [3.63, 3.8) is 0 Å². The smallest absolute Gasteiger partial charge is 0.243 e. The minimum Gasteiger partial charge on any atom is -0.335 e. The molecule has 0 spiro atoms. The number of likely N-dealkylation sites (N-methyl/N-ethyl adjacent to an activating group) is 1. The molecule has 1 aromatic carbocycles. The molecule has 0 radical (unpaired) electrons. The number of amides is 2. The first-order chi connectivity index (χ1) is 11.0. The van der Waals surface area contributed by atoms with E-state index in [4.69, 9.17) is 0 Å². The molecule has 6 nitrogen and oxygen atoms in total. The van der Waals surface area contributed by atoms with Crippen molar-refractivity contribution >= 4 is 33.4 Å². The molecule has 2 N–H and O–H groups in total. The van der Waals surface area contributed by atoms with Gasteiger partial charge >= 0.3 is 0 Å². The Morgan fingerprint density at radius 2 is 2.04 bits per heavy atom. The van der Waals surface area contributed by atoms with E-state index in [2.05, 4.69) is 31.5 Å². The predicted molar refractivity (Wildman–Crippen MR) is 94.5 cm³/mol. The molecule has 1 heterocycles. The van der Waals surface area contributed by atoms with Crippen LogP contribution < -0.4 is 10.6 Å². The van der Waals surface area contributed by atoms with Gasteiger partial charge in [0, 0.05) is 43.4 Å². The Bertz CT molecular complexity index is 573. The number of piperazine rings is 1. The van der Waals surface area contributed by atoms with Crippen molar-refractivity contribution in [1.29, 1.82) is 0 Å². The summed E-state index contributed by atoms with van der Waals surface area (Å²) >= 11 is 3.39. The van der Waals surface area contributed by atoms with Gasteiger partial charge in [0.2, 0.25) is 11.8 Å². The maximum absolute atomic E-state index is 12.2. The quantitative estimate of drug-likeness (QED) is 0.798. The summed E-state index contributed by atoms with van der Waals surface area (Å²) in [6, 6.07) is 5.66. The number of hydrogen-bond donors (Lipinski definition) is 2. The van der Waals surface area contributed by atoms with Gasteiger partial charge in [0.1, 0.15) is 0 Å². The molecule has 1 aliphatic heterocycles. The van der Waals surface area contributed by atoms with Crippen LogP contribution in [-0.2, 0) is 9.59 Å². The number of nitrogens with zero attached hydrogens (tertiary/aromatic N) is 2. The predicted octanol–water partition coefficient (Wildman–Crippen LogP) is 1.06. The van der Waals surface area contributed by atoms with Gasteiger partial charge in [-0.3, -0.25) is 14.5 Å². The van der Waals surface area contributed by atoms with E-state index in [0.29, 0.717) is 6.54 Å². The van der Waals surface area contributed by atoms with Crippen molar-refractivity contribution in [1.82, 2.24) is 15.1 Å². The molecule has 1 fully saturated rings. The zero-order valence-corrected chi connectivity index (χ0v) is 15.1. The Morgan fingerprint density at radius 1 is 1.35 bits per heavy atom. The molecule has 2 amide bonds. The molecule has 0 saturated carbocycles. The van der Waals surface area contributed by atoms with E-state index >= 15 is 0 Å². The van der Waals surface area contributed by atoms with Crippen LogP contribution in [0.1, 0.15) is 5.56 Å². The number of carbonyl (C=O) groups is 2. The lowest BCUT2D eigenvalue weighted by Gasteiger charge is -2.28. The minimum absolute atomic E-state index is 0.0328. The van der Waals surface area contributed by atoms with Crippen molar-refractivity contribution in [2.75, 3.05) is 51.6 Å². The number of anilines is 1. The van der Waals surface area contributed by atoms with Crippen LogP contribution in [-0.4, -0.2) is 67.9 Å². The molecule has 1 saturated heterocycles. The summed E-state index contributed by atoms with van der Waals surface area (Å²) in [7, 11) is 1.67. The summed E-state index contributed by atoms with van der Waals surface area (Å²) in [4.78, 5) is 27.9. The molecule has 0 unspecified atom stereocenters. The van der Waals surface area contributed by atoms with Crippen LogP contribution in [0.15, 0.2) is 22.7 Å². The summed E-state index contributed by atoms with van der Waals surface area (Å²) in [5, 5.41) is 6.10. The van der Waals surface area contributed by atoms with Crippen molar-refractivity contribution < 1.29 is 9.59 Å². The summed E-state index contributed by atoms with van der Waals surface area (Å²) in [6.07, 6.45) is 0. The molecule has 1 aliphatic rings. The van der Waals surface area contributed by atoms with E-state index in [0.717, 1.165) is 41.9 Å². The second-order valence-corrected chi connectivity index (χ2v) is 6.70. The Hall–Kier alpha value is -1.44. The molecule has 126 valence electrons. The highest BCUT2D eigenvalue weighted by atomic mass is 79.9. The molecular formula is C16H23BrN4O2. The fourth-order valence-electron chi connectivity index (χ4n) is 2.44. The topological polar surface area (TPSA) is 64.7 Å². The zero-order valence-electron chi connectivity index (χ0n) is 13.6. The fourth-order valence-corrected chi connectivity index (χ4v) is 2.92. The van der Waals surface area contributed by atoms with E-state index < -0.39 is 0 Å². The van der Waals surface area contributed by atoms with Crippen LogP contribution >= 0.6 is 15.9 Å². The van der Waals surface area contributed by atoms with Crippen molar-refractivity contribution in [2.24, 2.45) is 0 Å². The van der Waals surface area contributed by atoms with E-state index in [-0.39, 0.29) is 18.4 Å². The summed E-state index contributed by atoms with van der Waals surface area (Å²) in [6.45, 7) is 5.89. The van der Waals surface area contributed by atoms with Gasteiger partial charge in [0.25, 0.3) is 0 Å². The molecule has 2 rings (SSSR count). The Kier molecular flexibility index (Phi) is 6.56. The van der Waals surface area contributed by atoms with Gasteiger partial charge < -0.3 is 15.5 Å². The lowest BCUT2D eigenvalue weighted by atomic mass is 10.2. The standard InChI is InChI=1S/C16H23BrN4O2/c1-12-9-13(17)3-4-14(12)19-15(22)10-20(2)16(23)11-21-7-5-18-6-8-21/h3-4,9,18H,5-8,10-11H2,1-2H3,(H,19,22). The van der Waals surface area contributed by atoms with Crippen molar-refractivity contribution in [2.45, 2.75) is 6.92 Å². The zero-order chi connectivity index (χ0) is 16.8. The molecule has 7 heteroatoms. The van der Waals surface area contributed by atoms with Crippen molar-refractivity contribution in [3.8, 4) is 0 Å². The maximum atomic E-state index is 12.2. The van der Waals surface area contributed by atoms with Crippen LogP contribution in [0.25, 0.3) is 0 Å². The van der Waals surface area contributed by atoms with Gasteiger partial charge in [0.15, 0.2) is 0 Å². The van der Waals surface area contributed by atoms with Crippen LogP contribution in [0.5, 0.6) is 0 Å². The maximum Gasteiger partial charge on any atom is 0.243 e. The summed E-state index contributed by atoms with van der Waals surface area (Å²) < 4.78 is 0.969. The molecule has 0 aromatic heterocycles. The average molecular weight is 383 g/mol. The number of nitrogens with one attached hydrogen (secondary N) is 2. The molecule has 23 heavy (non-hydrogen) atoms. The van der Waals surface area contributed by atoms with E-state index in [1.54, 1.807) is 7.05 Å². The molecule has 0 bridgehead atoms.